The molecule has 22 heavy (non-hydrogen) atoms. The Labute approximate surface area is 133 Å². The van der Waals surface area contributed by atoms with Gasteiger partial charge in [0.2, 0.25) is 6.79 Å². The zero-order chi connectivity index (χ0) is 14.9. The van der Waals surface area contributed by atoms with Gasteiger partial charge in [-0.15, -0.1) is 16.4 Å². The Balaban J connectivity index is 1.67. The average Bonchev–Trinajstić information content (AvgIpc) is 3.25. The molecular formula is C12H9ClN6O2S. The first-order valence-electron chi connectivity index (χ1n) is 6.31. The largest absolute Gasteiger partial charge is 0.454 e. The average molecular weight is 337 g/mol. The number of nitrogens with zero attached hydrogens (tertiary/aromatic N) is 5. The van der Waals surface area contributed by atoms with Crippen molar-refractivity contribution < 1.29 is 9.47 Å². The van der Waals surface area contributed by atoms with E-state index in [1.165, 1.54) is 17.7 Å². The van der Waals surface area contributed by atoms with Gasteiger partial charge in [-0.05, 0) is 10.4 Å². The summed E-state index contributed by atoms with van der Waals surface area (Å²) in [6.45, 7) is 0.789. The van der Waals surface area contributed by atoms with Crippen LogP contribution in [0.1, 0.15) is 4.88 Å². The number of halogens is 1. The number of anilines is 1. The zero-order valence-corrected chi connectivity index (χ0v) is 12.6. The molecule has 1 aromatic carbocycles. The van der Waals surface area contributed by atoms with Gasteiger partial charge in [-0.1, -0.05) is 11.6 Å². The van der Waals surface area contributed by atoms with Gasteiger partial charge >= 0.3 is 0 Å². The molecule has 0 fully saturated rings. The topological polar surface area (TPSA) is 87.0 Å². The van der Waals surface area contributed by atoms with Gasteiger partial charge in [0.05, 0.1) is 17.9 Å². The monoisotopic (exact) mass is 336 g/mol. The van der Waals surface area contributed by atoms with Crippen molar-refractivity contribution in [2.24, 2.45) is 0 Å². The van der Waals surface area contributed by atoms with Crippen molar-refractivity contribution in [1.82, 2.24) is 25.2 Å². The number of thiazole rings is 1. The Bertz CT molecular complexity index is 806. The highest BCUT2D eigenvalue weighted by atomic mass is 35.5. The van der Waals surface area contributed by atoms with E-state index in [2.05, 4.69) is 25.8 Å². The molecule has 0 unspecified atom stereocenters. The minimum Gasteiger partial charge on any atom is -0.454 e. The Morgan fingerprint density at radius 3 is 2.91 bits per heavy atom. The maximum atomic E-state index is 5.84. The van der Waals surface area contributed by atoms with Crippen LogP contribution in [0, 0.1) is 0 Å². The van der Waals surface area contributed by atoms with Gasteiger partial charge in [0, 0.05) is 23.2 Å². The van der Waals surface area contributed by atoms with E-state index in [1.807, 2.05) is 12.1 Å². The number of rotatable bonds is 4. The maximum Gasteiger partial charge on any atom is 0.231 e. The highest BCUT2D eigenvalue weighted by molar-refractivity contribution is 7.15. The minimum atomic E-state index is 0.207. The van der Waals surface area contributed by atoms with E-state index in [-0.39, 0.29) is 6.79 Å². The van der Waals surface area contributed by atoms with Gasteiger partial charge in [-0.3, -0.25) is 0 Å². The van der Waals surface area contributed by atoms with Gasteiger partial charge in [-0.25, -0.2) is 4.98 Å². The standard InChI is InChI=1S/C12H9ClN6O2S/c13-12-15-4-7(22-12)3-14-8-1-10-11(21-6-20-10)2-9(8)19-5-16-17-18-19/h1-2,4-5,14H,3,6H2. The molecule has 0 aliphatic carbocycles. The van der Waals surface area contributed by atoms with Crippen molar-refractivity contribution in [3.63, 3.8) is 0 Å². The van der Waals surface area contributed by atoms with Gasteiger partial charge in [-0.2, -0.15) is 4.68 Å². The molecule has 0 amide bonds. The summed E-state index contributed by atoms with van der Waals surface area (Å²) in [6.07, 6.45) is 3.26. The predicted octanol–water partition coefficient (Wildman–Crippen LogP) is 2.11. The number of hydrogen-bond donors (Lipinski definition) is 1. The van der Waals surface area contributed by atoms with Gasteiger partial charge in [0.15, 0.2) is 16.0 Å². The lowest BCUT2D eigenvalue weighted by Gasteiger charge is -2.11. The number of tetrazole rings is 1. The minimum absolute atomic E-state index is 0.207. The van der Waals surface area contributed by atoms with Crippen molar-refractivity contribution in [1.29, 1.82) is 0 Å². The Morgan fingerprint density at radius 2 is 2.18 bits per heavy atom. The van der Waals surface area contributed by atoms with E-state index in [0.29, 0.717) is 22.5 Å². The molecule has 0 spiro atoms. The van der Waals surface area contributed by atoms with Crippen molar-refractivity contribution >= 4 is 28.6 Å². The Morgan fingerprint density at radius 1 is 1.32 bits per heavy atom. The zero-order valence-electron chi connectivity index (χ0n) is 11.1. The summed E-state index contributed by atoms with van der Waals surface area (Å²) in [6, 6.07) is 3.70. The van der Waals surface area contributed by atoms with Crippen LogP contribution >= 0.6 is 22.9 Å². The SMILES string of the molecule is Clc1ncc(CNc2cc3c(cc2-n2cnnn2)OCO3)s1. The van der Waals surface area contributed by atoms with Crippen LogP contribution in [0.5, 0.6) is 11.5 Å². The fourth-order valence-electron chi connectivity index (χ4n) is 2.08. The summed E-state index contributed by atoms with van der Waals surface area (Å²) < 4.78 is 12.9. The molecule has 3 heterocycles. The van der Waals surface area contributed by atoms with Crippen LogP contribution in [0.15, 0.2) is 24.7 Å². The van der Waals surface area contributed by atoms with Crippen molar-refractivity contribution in [3.05, 3.63) is 34.0 Å². The number of ether oxygens (including phenoxy) is 2. The highest BCUT2D eigenvalue weighted by Gasteiger charge is 2.19. The molecule has 0 saturated heterocycles. The smallest absolute Gasteiger partial charge is 0.231 e. The molecule has 0 radical (unpaired) electrons. The molecule has 0 bridgehead atoms. The number of aromatic nitrogens is 5. The van der Waals surface area contributed by atoms with Crippen LogP contribution in [0.4, 0.5) is 5.69 Å². The lowest BCUT2D eigenvalue weighted by molar-refractivity contribution is 0.174. The molecule has 0 atom stereocenters. The third-order valence-electron chi connectivity index (χ3n) is 3.07. The van der Waals surface area contributed by atoms with Crippen LogP contribution in [0.3, 0.4) is 0 Å². The molecule has 4 rings (SSSR count). The van der Waals surface area contributed by atoms with E-state index in [1.54, 1.807) is 10.9 Å². The summed E-state index contributed by atoms with van der Waals surface area (Å²) in [5, 5.41) is 14.6. The van der Waals surface area contributed by atoms with Crippen LogP contribution in [0.2, 0.25) is 4.47 Å². The lowest BCUT2D eigenvalue weighted by atomic mass is 10.2. The van der Waals surface area contributed by atoms with E-state index in [9.17, 15) is 0 Å². The maximum absolute atomic E-state index is 5.84. The van der Waals surface area contributed by atoms with Crippen LogP contribution < -0.4 is 14.8 Å². The van der Waals surface area contributed by atoms with Gasteiger partial charge < -0.3 is 14.8 Å². The van der Waals surface area contributed by atoms with Gasteiger partial charge in [0.1, 0.15) is 6.33 Å². The van der Waals surface area contributed by atoms with Crippen LogP contribution in [-0.4, -0.2) is 32.0 Å². The third kappa shape index (κ3) is 2.44. The summed E-state index contributed by atoms with van der Waals surface area (Å²) in [5.74, 6) is 1.35. The fraction of sp³-hybridized carbons (Fsp3) is 0.167. The normalized spacial score (nSPS) is 12.6. The Hall–Kier alpha value is -2.39. The number of benzene rings is 1. The van der Waals surface area contributed by atoms with Crippen LogP contribution in [0.25, 0.3) is 5.69 Å². The van der Waals surface area contributed by atoms with E-state index in [4.69, 9.17) is 21.1 Å². The summed E-state index contributed by atoms with van der Waals surface area (Å²) in [4.78, 5) is 5.04. The molecule has 2 aromatic heterocycles. The highest BCUT2D eigenvalue weighted by Crippen LogP contribution is 2.38. The summed E-state index contributed by atoms with van der Waals surface area (Å²) in [5.41, 5.74) is 1.59. The van der Waals surface area contributed by atoms with Crippen molar-refractivity contribution in [2.75, 3.05) is 12.1 Å². The summed E-state index contributed by atoms with van der Waals surface area (Å²) in [7, 11) is 0. The Kier molecular flexibility index (Phi) is 3.28. The van der Waals surface area contributed by atoms with E-state index < -0.39 is 0 Å². The third-order valence-corrected chi connectivity index (χ3v) is 4.18. The molecule has 8 nitrogen and oxygen atoms in total. The van der Waals surface area contributed by atoms with Crippen molar-refractivity contribution in [2.45, 2.75) is 6.54 Å². The number of fused-ring (bicyclic) bond motifs is 1. The molecule has 1 N–H and O–H groups in total. The molecule has 3 aromatic rings. The fourth-order valence-corrected chi connectivity index (χ4v) is 3.00. The number of nitrogens with one attached hydrogen (secondary N) is 1. The first-order valence-corrected chi connectivity index (χ1v) is 7.50. The molecule has 0 saturated carbocycles. The molecule has 10 heteroatoms. The first kappa shape index (κ1) is 13.3. The second kappa shape index (κ2) is 5.43. The first-order chi connectivity index (χ1) is 10.8. The summed E-state index contributed by atoms with van der Waals surface area (Å²) >= 11 is 7.27. The molecule has 1 aliphatic rings. The van der Waals surface area contributed by atoms with E-state index >= 15 is 0 Å². The predicted molar refractivity (Wildman–Crippen MR) is 79.7 cm³/mol. The molecule has 112 valence electrons. The van der Waals surface area contributed by atoms with Crippen LogP contribution in [-0.2, 0) is 6.54 Å². The number of hydrogen-bond acceptors (Lipinski definition) is 8. The van der Waals surface area contributed by atoms with E-state index in [0.717, 1.165) is 16.3 Å². The molecule has 1 aliphatic heterocycles. The quantitative estimate of drug-likeness (QED) is 0.780. The second-order valence-electron chi connectivity index (χ2n) is 4.41. The molecular weight excluding hydrogens is 328 g/mol. The lowest BCUT2D eigenvalue weighted by Crippen LogP contribution is -2.04. The second-order valence-corrected chi connectivity index (χ2v) is 6.11. The van der Waals surface area contributed by atoms with Crippen molar-refractivity contribution in [3.8, 4) is 17.2 Å². The van der Waals surface area contributed by atoms with Gasteiger partial charge in [0.25, 0.3) is 0 Å².